The molecule has 0 spiro atoms. The highest BCUT2D eigenvalue weighted by molar-refractivity contribution is 6.02. The minimum absolute atomic E-state index is 0.216. The van der Waals surface area contributed by atoms with Crippen LogP contribution in [0.3, 0.4) is 0 Å². The van der Waals surface area contributed by atoms with Crippen LogP contribution in [-0.2, 0) is 22.5 Å². The summed E-state index contributed by atoms with van der Waals surface area (Å²) in [6.45, 7) is 4.73. The van der Waals surface area contributed by atoms with Gasteiger partial charge in [-0.25, -0.2) is 0 Å². The molecular weight excluding hydrogens is 342 g/mol. The van der Waals surface area contributed by atoms with Crippen molar-refractivity contribution in [2.45, 2.75) is 46.1 Å². The van der Waals surface area contributed by atoms with E-state index < -0.39 is 5.91 Å². The molecule has 0 saturated carbocycles. The van der Waals surface area contributed by atoms with Gasteiger partial charge in [0.25, 0.3) is 5.91 Å². The highest BCUT2D eigenvalue weighted by Gasteiger charge is 2.25. The first kappa shape index (κ1) is 20.2. The van der Waals surface area contributed by atoms with Crippen molar-refractivity contribution in [3.8, 4) is 17.2 Å². The van der Waals surface area contributed by atoms with E-state index in [2.05, 4.69) is 17.6 Å². The lowest BCUT2D eigenvalue weighted by atomic mass is 9.97. The van der Waals surface area contributed by atoms with E-state index in [1.807, 2.05) is 19.1 Å². The quantitative estimate of drug-likeness (QED) is 0.723. The zero-order valence-electron chi connectivity index (χ0n) is 16.0. The molecular formula is C21H25N3O3. The Morgan fingerprint density at radius 3 is 2.44 bits per heavy atom. The van der Waals surface area contributed by atoms with Gasteiger partial charge in [-0.05, 0) is 37.5 Å². The Morgan fingerprint density at radius 1 is 1.26 bits per heavy atom. The first-order valence-corrected chi connectivity index (χ1v) is 9.03. The van der Waals surface area contributed by atoms with Gasteiger partial charge in [0, 0.05) is 23.5 Å². The molecule has 2 aromatic rings. The minimum Gasteiger partial charge on any atom is -0.469 e. The predicted octanol–water partition coefficient (Wildman–Crippen LogP) is 3.34. The van der Waals surface area contributed by atoms with Crippen LogP contribution in [0, 0.1) is 18.3 Å². The second kappa shape index (κ2) is 9.04. The van der Waals surface area contributed by atoms with E-state index in [1.54, 1.807) is 12.1 Å². The van der Waals surface area contributed by atoms with Crippen LogP contribution in [0.15, 0.2) is 24.3 Å². The van der Waals surface area contributed by atoms with Crippen molar-refractivity contribution >= 4 is 11.9 Å². The Kier molecular flexibility index (Phi) is 6.78. The van der Waals surface area contributed by atoms with Crippen molar-refractivity contribution < 1.29 is 14.3 Å². The number of benzene rings is 1. The number of ether oxygens (including phenoxy) is 1. The van der Waals surface area contributed by atoms with E-state index in [1.165, 1.54) is 7.11 Å². The van der Waals surface area contributed by atoms with Gasteiger partial charge in [0.15, 0.2) is 0 Å². The Balaban J connectivity index is 2.66. The van der Waals surface area contributed by atoms with Gasteiger partial charge in [-0.2, -0.15) is 5.26 Å². The van der Waals surface area contributed by atoms with E-state index in [0.29, 0.717) is 17.5 Å². The average molecular weight is 367 g/mol. The van der Waals surface area contributed by atoms with Crippen LogP contribution in [-0.4, -0.2) is 23.6 Å². The number of amides is 1. The minimum atomic E-state index is -0.499. The molecule has 0 atom stereocenters. The Morgan fingerprint density at radius 2 is 1.93 bits per heavy atom. The number of esters is 1. The molecule has 2 N–H and O–H groups in total. The molecule has 1 amide bonds. The summed E-state index contributed by atoms with van der Waals surface area (Å²) in [7, 11) is 1.36. The number of carbonyl (C=O) groups excluding carboxylic acids is 2. The van der Waals surface area contributed by atoms with Crippen LogP contribution in [0.25, 0.3) is 11.1 Å². The van der Waals surface area contributed by atoms with Crippen molar-refractivity contribution in [1.82, 2.24) is 4.57 Å². The van der Waals surface area contributed by atoms with E-state index in [9.17, 15) is 9.59 Å². The zero-order chi connectivity index (χ0) is 20.0. The van der Waals surface area contributed by atoms with Gasteiger partial charge in [-0.15, -0.1) is 0 Å². The van der Waals surface area contributed by atoms with Crippen LogP contribution in [0.4, 0.5) is 0 Å². The van der Waals surface area contributed by atoms with E-state index in [4.69, 9.17) is 15.7 Å². The summed E-state index contributed by atoms with van der Waals surface area (Å²) in [5.74, 6) is -0.802. The molecule has 1 heterocycles. The fraction of sp³-hybridized carbons (Fsp3) is 0.381. The number of nitrogens with two attached hydrogens (primary N) is 1. The molecule has 6 heteroatoms. The molecule has 0 bridgehead atoms. The van der Waals surface area contributed by atoms with Crippen molar-refractivity contribution in [1.29, 1.82) is 5.26 Å². The summed E-state index contributed by atoms with van der Waals surface area (Å²) in [5.41, 5.74) is 9.95. The molecule has 2 rings (SSSR count). The molecule has 0 unspecified atom stereocenters. The summed E-state index contributed by atoms with van der Waals surface area (Å²) in [4.78, 5) is 23.9. The van der Waals surface area contributed by atoms with Crippen LogP contribution in [0.5, 0.6) is 0 Å². The number of methoxy groups -OCH3 is 1. The van der Waals surface area contributed by atoms with Gasteiger partial charge in [-0.1, -0.05) is 25.5 Å². The monoisotopic (exact) mass is 367 g/mol. The lowest BCUT2D eigenvalue weighted by Crippen LogP contribution is -2.13. The SMILES string of the molecule is CCCCn1c(C)c(C(N)=O)c(-c2ccc(C#N)cc2)c1CCC(=O)OC. The molecule has 1 aromatic carbocycles. The van der Waals surface area contributed by atoms with Crippen LogP contribution in [0.1, 0.15) is 53.5 Å². The molecule has 6 nitrogen and oxygen atoms in total. The van der Waals surface area contributed by atoms with Gasteiger partial charge in [0.1, 0.15) is 0 Å². The van der Waals surface area contributed by atoms with Gasteiger partial charge in [0.2, 0.25) is 0 Å². The van der Waals surface area contributed by atoms with Crippen molar-refractivity contribution in [3.05, 3.63) is 46.8 Å². The van der Waals surface area contributed by atoms with Crippen molar-refractivity contribution in [3.63, 3.8) is 0 Å². The molecule has 0 fully saturated rings. The molecule has 0 radical (unpaired) electrons. The number of hydrogen-bond donors (Lipinski definition) is 1. The van der Waals surface area contributed by atoms with Gasteiger partial charge < -0.3 is 15.0 Å². The van der Waals surface area contributed by atoms with Crippen molar-refractivity contribution in [2.24, 2.45) is 5.73 Å². The fourth-order valence-corrected chi connectivity index (χ4v) is 3.32. The molecule has 0 aliphatic rings. The average Bonchev–Trinajstić information content (AvgIpc) is 2.96. The van der Waals surface area contributed by atoms with Crippen LogP contribution < -0.4 is 5.73 Å². The summed E-state index contributed by atoms with van der Waals surface area (Å²) in [5, 5.41) is 9.03. The summed E-state index contributed by atoms with van der Waals surface area (Å²) < 4.78 is 6.86. The lowest BCUT2D eigenvalue weighted by molar-refractivity contribution is -0.140. The number of rotatable bonds is 8. The lowest BCUT2D eigenvalue weighted by Gasteiger charge is -2.13. The zero-order valence-corrected chi connectivity index (χ0v) is 16.0. The number of carbonyl (C=O) groups is 2. The van der Waals surface area contributed by atoms with E-state index in [-0.39, 0.29) is 12.4 Å². The highest BCUT2D eigenvalue weighted by atomic mass is 16.5. The number of aromatic nitrogens is 1. The Labute approximate surface area is 159 Å². The normalized spacial score (nSPS) is 10.4. The smallest absolute Gasteiger partial charge is 0.305 e. The molecule has 27 heavy (non-hydrogen) atoms. The number of hydrogen-bond acceptors (Lipinski definition) is 4. The second-order valence-electron chi connectivity index (χ2n) is 6.42. The summed E-state index contributed by atoms with van der Waals surface area (Å²) in [6.07, 6.45) is 2.62. The largest absolute Gasteiger partial charge is 0.469 e. The standard InChI is InChI=1S/C21H25N3O3/c1-4-5-12-24-14(2)19(21(23)26)20(17(24)10-11-18(25)27-3)16-8-6-15(13-22)7-9-16/h6-9H,4-5,10-12H2,1-3H3,(H2,23,26). The maximum Gasteiger partial charge on any atom is 0.305 e. The molecule has 0 aliphatic carbocycles. The fourth-order valence-electron chi connectivity index (χ4n) is 3.32. The van der Waals surface area contributed by atoms with Gasteiger partial charge >= 0.3 is 5.97 Å². The third kappa shape index (κ3) is 4.37. The second-order valence-corrected chi connectivity index (χ2v) is 6.42. The third-order valence-corrected chi connectivity index (χ3v) is 4.71. The summed E-state index contributed by atoms with van der Waals surface area (Å²) in [6, 6.07) is 9.14. The first-order chi connectivity index (χ1) is 12.9. The number of unbranched alkanes of at least 4 members (excludes halogenated alkanes) is 1. The van der Waals surface area contributed by atoms with Crippen LogP contribution >= 0.6 is 0 Å². The van der Waals surface area contributed by atoms with Gasteiger partial charge in [-0.3, -0.25) is 9.59 Å². The molecule has 0 aliphatic heterocycles. The molecule has 1 aromatic heterocycles. The van der Waals surface area contributed by atoms with Crippen LogP contribution in [0.2, 0.25) is 0 Å². The Bertz CT molecular complexity index is 874. The predicted molar refractivity (Wildman–Crippen MR) is 103 cm³/mol. The maximum absolute atomic E-state index is 12.2. The van der Waals surface area contributed by atoms with E-state index >= 15 is 0 Å². The molecule has 0 saturated heterocycles. The summed E-state index contributed by atoms with van der Waals surface area (Å²) >= 11 is 0. The third-order valence-electron chi connectivity index (χ3n) is 4.71. The number of nitriles is 1. The highest BCUT2D eigenvalue weighted by Crippen LogP contribution is 2.34. The maximum atomic E-state index is 12.2. The van der Waals surface area contributed by atoms with Gasteiger partial charge in [0.05, 0.1) is 30.7 Å². The first-order valence-electron chi connectivity index (χ1n) is 9.03. The van der Waals surface area contributed by atoms with Crippen molar-refractivity contribution in [2.75, 3.05) is 7.11 Å². The molecule has 142 valence electrons. The Hall–Kier alpha value is -3.07. The van der Waals surface area contributed by atoms with E-state index in [0.717, 1.165) is 41.9 Å². The number of nitrogens with zero attached hydrogens (tertiary/aromatic N) is 2. The topological polar surface area (TPSA) is 98.1 Å². The number of primary amides is 1.